The zero-order valence-corrected chi connectivity index (χ0v) is 13.8. The molecule has 1 aromatic carbocycles. The Morgan fingerprint density at radius 3 is 2.64 bits per heavy atom. The summed E-state index contributed by atoms with van der Waals surface area (Å²) in [6, 6.07) is 12.9. The van der Waals surface area contributed by atoms with Crippen molar-refractivity contribution < 1.29 is 4.39 Å². The van der Waals surface area contributed by atoms with Gasteiger partial charge in [-0.25, -0.2) is 9.37 Å². The number of pyridine rings is 2. The molecule has 124 valence electrons. The SMILES string of the molecule is CCNc1ccc(-c2ccc(-c3cc4ccncc4[nH]3)c(F)c2)cn1. The highest BCUT2D eigenvalue weighted by molar-refractivity contribution is 5.85. The molecule has 0 atom stereocenters. The summed E-state index contributed by atoms with van der Waals surface area (Å²) >= 11 is 0. The second-order valence-electron chi connectivity index (χ2n) is 5.80. The van der Waals surface area contributed by atoms with Gasteiger partial charge in [0.05, 0.1) is 11.7 Å². The fourth-order valence-corrected chi connectivity index (χ4v) is 2.88. The van der Waals surface area contributed by atoms with Crippen LogP contribution in [0.1, 0.15) is 6.92 Å². The molecule has 3 heterocycles. The van der Waals surface area contributed by atoms with Gasteiger partial charge in [0.1, 0.15) is 11.6 Å². The summed E-state index contributed by atoms with van der Waals surface area (Å²) in [5.74, 6) is 0.544. The highest BCUT2D eigenvalue weighted by Crippen LogP contribution is 2.29. The standard InChI is InChI=1S/C20H17FN4/c1-2-23-20-6-4-15(11-24-20)13-3-5-16(17(21)9-13)18-10-14-7-8-22-12-19(14)25-18/h3-12,25H,2H2,1H3,(H,23,24). The Kier molecular flexibility index (Phi) is 3.90. The van der Waals surface area contributed by atoms with Crippen LogP contribution >= 0.6 is 0 Å². The number of aromatic nitrogens is 3. The van der Waals surface area contributed by atoms with Gasteiger partial charge < -0.3 is 10.3 Å². The van der Waals surface area contributed by atoms with E-state index < -0.39 is 0 Å². The van der Waals surface area contributed by atoms with Crippen LogP contribution in [0.5, 0.6) is 0 Å². The first-order chi connectivity index (χ1) is 12.2. The van der Waals surface area contributed by atoms with Crippen LogP contribution in [0.2, 0.25) is 0 Å². The Morgan fingerprint density at radius 1 is 1.04 bits per heavy atom. The lowest BCUT2D eigenvalue weighted by Gasteiger charge is -2.07. The lowest BCUT2D eigenvalue weighted by molar-refractivity contribution is 0.631. The Morgan fingerprint density at radius 2 is 1.92 bits per heavy atom. The topological polar surface area (TPSA) is 53.6 Å². The number of rotatable bonds is 4. The van der Waals surface area contributed by atoms with Crippen molar-refractivity contribution in [2.45, 2.75) is 6.92 Å². The molecule has 4 nitrogen and oxygen atoms in total. The van der Waals surface area contributed by atoms with E-state index in [-0.39, 0.29) is 5.82 Å². The number of hydrogen-bond donors (Lipinski definition) is 2. The predicted molar refractivity (Wildman–Crippen MR) is 98.9 cm³/mol. The molecule has 5 heteroatoms. The Labute approximate surface area is 144 Å². The molecule has 0 aliphatic rings. The molecule has 25 heavy (non-hydrogen) atoms. The maximum Gasteiger partial charge on any atom is 0.133 e. The van der Waals surface area contributed by atoms with E-state index >= 15 is 0 Å². The van der Waals surface area contributed by atoms with Gasteiger partial charge in [0, 0.05) is 41.1 Å². The zero-order valence-electron chi connectivity index (χ0n) is 13.8. The lowest BCUT2D eigenvalue weighted by atomic mass is 10.0. The van der Waals surface area contributed by atoms with Crippen molar-refractivity contribution in [3.63, 3.8) is 0 Å². The number of aromatic amines is 1. The van der Waals surface area contributed by atoms with Crippen molar-refractivity contribution in [3.05, 3.63) is 66.9 Å². The van der Waals surface area contributed by atoms with Crippen LogP contribution in [0.15, 0.2) is 61.1 Å². The molecule has 0 bridgehead atoms. The number of anilines is 1. The molecular weight excluding hydrogens is 315 g/mol. The van der Waals surface area contributed by atoms with E-state index in [0.717, 1.165) is 40.1 Å². The monoisotopic (exact) mass is 332 g/mol. The summed E-state index contributed by atoms with van der Waals surface area (Å²) in [5, 5.41) is 4.16. The number of nitrogens with one attached hydrogen (secondary N) is 2. The summed E-state index contributed by atoms with van der Waals surface area (Å²) in [5.41, 5.74) is 3.86. The lowest BCUT2D eigenvalue weighted by Crippen LogP contribution is -1.98. The quantitative estimate of drug-likeness (QED) is 0.561. The summed E-state index contributed by atoms with van der Waals surface area (Å²) in [7, 11) is 0. The molecule has 4 aromatic rings. The second-order valence-corrected chi connectivity index (χ2v) is 5.80. The fraction of sp³-hybridized carbons (Fsp3) is 0.100. The predicted octanol–water partition coefficient (Wildman–Crippen LogP) is 4.86. The highest BCUT2D eigenvalue weighted by atomic mass is 19.1. The van der Waals surface area contributed by atoms with E-state index in [1.807, 2.05) is 37.3 Å². The summed E-state index contributed by atoms with van der Waals surface area (Å²) < 4.78 is 14.7. The molecule has 0 unspecified atom stereocenters. The van der Waals surface area contributed by atoms with Crippen molar-refractivity contribution >= 4 is 16.7 Å². The van der Waals surface area contributed by atoms with E-state index in [1.165, 1.54) is 0 Å². The third-order valence-corrected chi connectivity index (χ3v) is 4.14. The number of nitrogens with zero attached hydrogens (tertiary/aromatic N) is 2. The number of hydrogen-bond acceptors (Lipinski definition) is 3. The van der Waals surface area contributed by atoms with Crippen molar-refractivity contribution in [2.24, 2.45) is 0 Å². The Balaban J connectivity index is 1.68. The summed E-state index contributed by atoms with van der Waals surface area (Å²) in [4.78, 5) is 11.6. The van der Waals surface area contributed by atoms with Crippen molar-refractivity contribution in [1.29, 1.82) is 0 Å². The van der Waals surface area contributed by atoms with E-state index in [4.69, 9.17) is 0 Å². The average molecular weight is 332 g/mol. The molecule has 2 N–H and O–H groups in total. The van der Waals surface area contributed by atoms with Crippen molar-refractivity contribution in [2.75, 3.05) is 11.9 Å². The van der Waals surface area contributed by atoms with Gasteiger partial charge in [-0.15, -0.1) is 0 Å². The number of H-pyrrole nitrogens is 1. The van der Waals surface area contributed by atoms with Crippen LogP contribution in [-0.2, 0) is 0 Å². The molecule has 0 aliphatic heterocycles. The minimum Gasteiger partial charge on any atom is -0.370 e. The molecule has 4 rings (SSSR count). The molecule has 3 aromatic heterocycles. The smallest absolute Gasteiger partial charge is 0.133 e. The van der Waals surface area contributed by atoms with Crippen molar-refractivity contribution in [3.8, 4) is 22.4 Å². The first kappa shape index (κ1) is 15.3. The third-order valence-electron chi connectivity index (χ3n) is 4.14. The minimum absolute atomic E-state index is 0.271. The first-order valence-electron chi connectivity index (χ1n) is 8.17. The van der Waals surface area contributed by atoms with Crippen LogP contribution in [0, 0.1) is 5.82 Å². The molecule has 0 saturated carbocycles. The molecule has 0 radical (unpaired) electrons. The average Bonchev–Trinajstić information content (AvgIpc) is 3.06. The van der Waals surface area contributed by atoms with Crippen molar-refractivity contribution in [1.82, 2.24) is 15.0 Å². The molecule has 0 aliphatic carbocycles. The maximum absolute atomic E-state index is 14.7. The van der Waals surface area contributed by atoms with Gasteiger partial charge in [-0.05, 0) is 48.9 Å². The largest absolute Gasteiger partial charge is 0.370 e. The van der Waals surface area contributed by atoms with Gasteiger partial charge in [0.15, 0.2) is 0 Å². The van der Waals surface area contributed by atoms with E-state index in [9.17, 15) is 4.39 Å². The van der Waals surface area contributed by atoms with Gasteiger partial charge in [0.2, 0.25) is 0 Å². The Bertz CT molecular complexity index is 988. The third kappa shape index (κ3) is 2.96. The Hall–Kier alpha value is -3.21. The molecule has 0 saturated heterocycles. The van der Waals surface area contributed by atoms with Gasteiger partial charge in [-0.1, -0.05) is 6.07 Å². The molecular formula is C20H17FN4. The van der Waals surface area contributed by atoms with Crippen LogP contribution in [0.3, 0.4) is 0 Å². The normalized spacial score (nSPS) is 11.0. The summed E-state index contributed by atoms with van der Waals surface area (Å²) in [6.07, 6.45) is 5.22. The van der Waals surface area contributed by atoms with Gasteiger partial charge >= 0.3 is 0 Å². The fourth-order valence-electron chi connectivity index (χ4n) is 2.88. The van der Waals surface area contributed by atoms with Gasteiger partial charge in [0.25, 0.3) is 0 Å². The van der Waals surface area contributed by atoms with Crippen LogP contribution in [0.25, 0.3) is 33.3 Å². The zero-order chi connectivity index (χ0) is 17.2. The maximum atomic E-state index is 14.7. The van der Waals surface area contributed by atoms with Crippen LogP contribution < -0.4 is 5.32 Å². The van der Waals surface area contributed by atoms with Crippen LogP contribution in [0.4, 0.5) is 10.2 Å². The van der Waals surface area contributed by atoms with E-state index in [1.54, 1.807) is 30.7 Å². The number of benzene rings is 1. The number of halogens is 1. The van der Waals surface area contributed by atoms with Gasteiger partial charge in [-0.3, -0.25) is 4.98 Å². The summed E-state index contributed by atoms with van der Waals surface area (Å²) in [6.45, 7) is 2.83. The minimum atomic E-state index is -0.271. The van der Waals surface area contributed by atoms with Gasteiger partial charge in [-0.2, -0.15) is 0 Å². The molecule has 0 amide bonds. The van der Waals surface area contributed by atoms with Crippen LogP contribution in [-0.4, -0.2) is 21.5 Å². The van der Waals surface area contributed by atoms with E-state index in [0.29, 0.717) is 5.56 Å². The molecule has 0 spiro atoms. The molecule has 0 fully saturated rings. The second kappa shape index (κ2) is 6.36. The first-order valence-corrected chi connectivity index (χ1v) is 8.17. The number of fused-ring (bicyclic) bond motifs is 1. The highest BCUT2D eigenvalue weighted by Gasteiger charge is 2.10. The van der Waals surface area contributed by atoms with E-state index in [2.05, 4.69) is 20.3 Å².